The van der Waals surface area contributed by atoms with Crippen molar-refractivity contribution < 1.29 is 14.1 Å². The number of likely N-dealkylation sites (N-methyl/N-ethyl adjacent to an activating group) is 1. The van der Waals surface area contributed by atoms with E-state index in [-0.39, 0.29) is 11.8 Å². The molecule has 2 heterocycles. The maximum Gasteiger partial charge on any atom is 0.260 e. The second-order valence-corrected chi connectivity index (χ2v) is 7.40. The summed E-state index contributed by atoms with van der Waals surface area (Å²) in [5.74, 6) is 0.249. The molecule has 2 fully saturated rings. The van der Waals surface area contributed by atoms with Crippen LogP contribution in [0.25, 0.3) is 0 Å². The molecule has 2 aliphatic rings. The summed E-state index contributed by atoms with van der Waals surface area (Å²) < 4.78 is 4.99. The number of amides is 2. The first kappa shape index (κ1) is 17.7. The summed E-state index contributed by atoms with van der Waals surface area (Å²) in [5, 5.41) is 6.86. The van der Waals surface area contributed by atoms with Gasteiger partial charge in [-0.2, -0.15) is 0 Å². The third kappa shape index (κ3) is 4.19. The van der Waals surface area contributed by atoms with Crippen LogP contribution in [0.1, 0.15) is 40.4 Å². The van der Waals surface area contributed by atoms with Gasteiger partial charge in [-0.3, -0.25) is 9.59 Å². The predicted molar refractivity (Wildman–Crippen MR) is 101 cm³/mol. The molecule has 1 saturated carbocycles. The van der Waals surface area contributed by atoms with Crippen molar-refractivity contribution in [2.45, 2.75) is 25.2 Å². The summed E-state index contributed by atoms with van der Waals surface area (Å²) in [5.41, 5.74) is 2.81. The minimum Gasteiger partial charge on any atom is -0.364 e. The lowest BCUT2D eigenvalue weighted by molar-refractivity contribution is -0.132. The first-order chi connectivity index (χ1) is 13.1. The van der Waals surface area contributed by atoms with Crippen LogP contribution < -0.4 is 5.32 Å². The van der Waals surface area contributed by atoms with Crippen LogP contribution in [0, 0.1) is 0 Å². The molecule has 1 aromatic heterocycles. The molecule has 0 spiro atoms. The number of nitrogens with zero attached hydrogens (tertiary/aromatic N) is 3. The van der Waals surface area contributed by atoms with Gasteiger partial charge in [0.2, 0.25) is 5.91 Å². The number of carbonyl (C=O) groups excluding carboxylic acids is 2. The van der Waals surface area contributed by atoms with Crippen molar-refractivity contribution in [3.8, 4) is 0 Å². The Morgan fingerprint density at radius 2 is 2.00 bits per heavy atom. The average Bonchev–Trinajstić information content (AvgIpc) is 3.38. The number of anilines is 1. The van der Waals surface area contributed by atoms with Crippen LogP contribution in [0.3, 0.4) is 0 Å². The molecular weight excluding hydrogens is 344 g/mol. The molecule has 1 aromatic carbocycles. The standard InChI is InChI=1S/C20H24N4O3/c1-23-7-9-24(10-8-23)18(25)12-14-3-2-4-16(11-14)21-20(26)17-13-27-22-19(17)15-5-6-15/h2-4,11,13,15H,5-10,12H2,1H3,(H,21,26). The fraction of sp³-hybridized carbons (Fsp3) is 0.450. The topological polar surface area (TPSA) is 78.7 Å². The second kappa shape index (κ2) is 7.52. The normalized spacial score (nSPS) is 17.7. The Hall–Kier alpha value is -2.67. The highest BCUT2D eigenvalue weighted by Gasteiger charge is 2.31. The zero-order valence-electron chi connectivity index (χ0n) is 15.5. The fourth-order valence-electron chi connectivity index (χ4n) is 3.37. The van der Waals surface area contributed by atoms with E-state index in [9.17, 15) is 9.59 Å². The third-order valence-corrected chi connectivity index (χ3v) is 5.20. The molecule has 142 valence electrons. The van der Waals surface area contributed by atoms with Gasteiger partial charge in [-0.15, -0.1) is 0 Å². The van der Waals surface area contributed by atoms with E-state index in [0.717, 1.165) is 50.3 Å². The number of hydrogen-bond acceptors (Lipinski definition) is 5. The van der Waals surface area contributed by atoms with Crippen molar-refractivity contribution in [1.29, 1.82) is 0 Å². The lowest BCUT2D eigenvalue weighted by Gasteiger charge is -2.32. The maximum absolute atomic E-state index is 12.5. The van der Waals surface area contributed by atoms with Crippen molar-refractivity contribution in [3.63, 3.8) is 0 Å². The Bertz CT molecular complexity index is 835. The fourth-order valence-corrected chi connectivity index (χ4v) is 3.37. The maximum atomic E-state index is 12.5. The number of carbonyl (C=O) groups is 2. The minimum absolute atomic E-state index is 0.127. The molecule has 7 heteroatoms. The molecule has 0 atom stereocenters. The van der Waals surface area contributed by atoms with Crippen LogP contribution >= 0.6 is 0 Å². The van der Waals surface area contributed by atoms with Gasteiger partial charge in [0.15, 0.2) is 0 Å². The van der Waals surface area contributed by atoms with Crippen LogP contribution in [0.4, 0.5) is 5.69 Å². The monoisotopic (exact) mass is 368 g/mol. The van der Waals surface area contributed by atoms with Crippen molar-refractivity contribution in [2.75, 3.05) is 38.5 Å². The molecule has 1 N–H and O–H groups in total. The second-order valence-electron chi connectivity index (χ2n) is 7.40. The largest absolute Gasteiger partial charge is 0.364 e. The van der Waals surface area contributed by atoms with Crippen LogP contribution in [-0.2, 0) is 11.2 Å². The van der Waals surface area contributed by atoms with Crippen molar-refractivity contribution in [1.82, 2.24) is 15.0 Å². The average molecular weight is 368 g/mol. The molecule has 2 amide bonds. The van der Waals surface area contributed by atoms with Gasteiger partial charge < -0.3 is 19.6 Å². The Kier molecular flexibility index (Phi) is 4.94. The SMILES string of the molecule is CN1CCN(C(=O)Cc2cccc(NC(=O)c3conc3C3CC3)c2)CC1. The number of rotatable bonds is 5. The molecule has 1 saturated heterocycles. The number of aromatic nitrogens is 1. The zero-order chi connectivity index (χ0) is 18.8. The Morgan fingerprint density at radius 1 is 1.22 bits per heavy atom. The number of benzene rings is 1. The van der Waals surface area contributed by atoms with Gasteiger partial charge in [-0.1, -0.05) is 17.3 Å². The number of hydrogen-bond donors (Lipinski definition) is 1. The summed E-state index contributed by atoms with van der Waals surface area (Å²) in [6.07, 6.45) is 3.85. The Labute approximate surface area is 158 Å². The zero-order valence-corrected chi connectivity index (χ0v) is 15.5. The third-order valence-electron chi connectivity index (χ3n) is 5.20. The predicted octanol–water partition coefficient (Wildman–Crippen LogP) is 2.12. The summed E-state index contributed by atoms with van der Waals surface area (Å²) in [6.45, 7) is 3.35. The van der Waals surface area contributed by atoms with Crippen LogP contribution in [0.15, 0.2) is 35.1 Å². The molecule has 4 rings (SSSR count). The summed E-state index contributed by atoms with van der Waals surface area (Å²) in [4.78, 5) is 29.2. The van der Waals surface area contributed by atoms with E-state index in [2.05, 4.69) is 22.4 Å². The van der Waals surface area contributed by atoms with Gasteiger partial charge in [-0.05, 0) is 37.6 Å². The van der Waals surface area contributed by atoms with Crippen molar-refractivity contribution >= 4 is 17.5 Å². The highest BCUT2D eigenvalue weighted by molar-refractivity contribution is 6.05. The lowest BCUT2D eigenvalue weighted by Crippen LogP contribution is -2.47. The van der Waals surface area contributed by atoms with Gasteiger partial charge in [0.25, 0.3) is 5.91 Å². The molecule has 0 radical (unpaired) electrons. The van der Waals surface area contributed by atoms with E-state index in [1.165, 1.54) is 6.26 Å². The van der Waals surface area contributed by atoms with Gasteiger partial charge >= 0.3 is 0 Å². The van der Waals surface area contributed by atoms with Crippen molar-refractivity contribution in [3.05, 3.63) is 47.3 Å². The molecular formula is C20H24N4O3. The smallest absolute Gasteiger partial charge is 0.260 e. The van der Waals surface area contributed by atoms with E-state index >= 15 is 0 Å². The Balaban J connectivity index is 1.39. The van der Waals surface area contributed by atoms with E-state index in [1.54, 1.807) is 0 Å². The van der Waals surface area contributed by atoms with Crippen LogP contribution in [-0.4, -0.2) is 60.0 Å². The molecule has 2 aromatic rings. The number of nitrogens with one attached hydrogen (secondary N) is 1. The highest BCUT2D eigenvalue weighted by Crippen LogP contribution is 2.40. The molecule has 1 aliphatic heterocycles. The van der Waals surface area contributed by atoms with E-state index < -0.39 is 0 Å². The van der Waals surface area contributed by atoms with E-state index in [0.29, 0.717) is 23.6 Å². The molecule has 27 heavy (non-hydrogen) atoms. The van der Waals surface area contributed by atoms with E-state index in [1.807, 2.05) is 29.2 Å². The molecule has 1 aliphatic carbocycles. The molecule has 7 nitrogen and oxygen atoms in total. The van der Waals surface area contributed by atoms with Gasteiger partial charge in [0.1, 0.15) is 11.8 Å². The van der Waals surface area contributed by atoms with Crippen molar-refractivity contribution in [2.24, 2.45) is 0 Å². The Morgan fingerprint density at radius 3 is 2.74 bits per heavy atom. The van der Waals surface area contributed by atoms with Gasteiger partial charge in [0, 0.05) is 37.8 Å². The lowest BCUT2D eigenvalue weighted by atomic mass is 10.1. The summed E-state index contributed by atoms with van der Waals surface area (Å²) in [6, 6.07) is 7.46. The molecule has 0 unspecified atom stereocenters. The first-order valence-electron chi connectivity index (χ1n) is 9.41. The molecule has 0 bridgehead atoms. The van der Waals surface area contributed by atoms with Crippen LogP contribution in [0.5, 0.6) is 0 Å². The van der Waals surface area contributed by atoms with Gasteiger partial charge in [0.05, 0.1) is 12.1 Å². The minimum atomic E-state index is -0.222. The van der Waals surface area contributed by atoms with Gasteiger partial charge in [-0.25, -0.2) is 0 Å². The van der Waals surface area contributed by atoms with Crippen LogP contribution in [0.2, 0.25) is 0 Å². The first-order valence-corrected chi connectivity index (χ1v) is 9.41. The van der Waals surface area contributed by atoms with E-state index in [4.69, 9.17) is 4.52 Å². The quantitative estimate of drug-likeness (QED) is 0.875. The summed E-state index contributed by atoms with van der Waals surface area (Å²) in [7, 11) is 2.07. The highest BCUT2D eigenvalue weighted by atomic mass is 16.5. The number of piperazine rings is 1. The summed E-state index contributed by atoms with van der Waals surface area (Å²) >= 11 is 0.